The minimum Gasteiger partial charge on any atom is -0.349 e. The molecule has 1 unspecified atom stereocenters. The molecule has 2 aromatic rings. The van der Waals surface area contributed by atoms with Gasteiger partial charge in [-0.1, -0.05) is 0 Å². The third-order valence-corrected chi connectivity index (χ3v) is 8.35. The van der Waals surface area contributed by atoms with Crippen molar-refractivity contribution < 1.29 is 17.2 Å². The van der Waals surface area contributed by atoms with Gasteiger partial charge in [0, 0.05) is 48.1 Å². The zero-order valence-corrected chi connectivity index (χ0v) is 18.5. The van der Waals surface area contributed by atoms with Gasteiger partial charge in [0.05, 0.1) is 40.0 Å². The summed E-state index contributed by atoms with van der Waals surface area (Å²) in [6.45, 7) is 2.60. The van der Waals surface area contributed by atoms with Crippen LogP contribution in [0.25, 0.3) is 10.9 Å². The molecule has 3 heterocycles. The number of aromatic nitrogens is 2. The van der Waals surface area contributed by atoms with Crippen LogP contribution in [-0.2, 0) is 9.84 Å². The van der Waals surface area contributed by atoms with Crippen LogP contribution in [0.15, 0.2) is 9.69 Å². The summed E-state index contributed by atoms with van der Waals surface area (Å²) in [6.07, 6.45) is 0. The maximum atomic E-state index is 14.9. The molecule has 26 heavy (non-hydrogen) atoms. The molecule has 0 saturated carbocycles. The Morgan fingerprint density at radius 2 is 1.88 bits per heavy atom. The second-order valence-corrected chi connectivity index (χ2v) is 10.6. The third kappa shape index (κ3) is 2.58. The molecule has 0 N–H and O–H groups in total. The largest absolute Gasteiger partial charge is 0.359 e. The van der Waals surface area contributed by atoms with Gasteiger partial charge in [0.1, 0.15) is 22.0 Å². The molecular formula is C14H12F2I2N4O3S. The van der Waals surface area contributed by atoms with Crippen LogP contribution >= 0.6 is 45.7 Å². The standard InChI is InChI=1S/C14H12F2I2N4O3S/c1-6-9(15)11-8-12(10(6)16)26(24,25)5-7-4-20(17)2-3-21(7)13(8)19-14(23)22(11)18/h7H,2-5H2,1H3. The summed E-state index contributed by atoms with van der Waals surface area (Å²) in [6, 6.07) is -0.499. The van der Waals surface area contributed by atoms with E-state index in [0.717, 1.165) is 2.78 Å². The average molecular weight is 608 g/mol. The lowest BCUT2D eigenvalue weighted by Crippen LogP contribution is -2.53. The molecule has 0 bridgehead atoms. The highest BCUT2D eigenvalue weighted by Crippen LogP contribution is 2.40. The number of benzene rings is 1. The molecule has 1 saturated heterocycles. The van der Waals surface area contributed by atoms with E-state index in [1.165, 1.54) is 6.92 Å². The molecular weight excluding hydrogens is 596 g/mol. The molecule has 2 aliphatic heterocycles. The lowest BCUT2D eigenvalue weighted by atomic mass is 10.1. The Morgan fingerprint density at radius 3 is 2.58 bits per heavy atom. The van der Waals surface area contributed by atoms with Crippen LogP contribution in [0.1, 0.15) is 5.56 Å². The second kappa shape index (κ2) is 6.20. The van der Waals surface area contributed by atoms with Crippen LogP contribution in [-0.4, -0.2) is 50.7 Å². The fourth-order valence-electron chi connectivity index (χ4n) is 3.52. The number of sulfone groups is 1. The van der Waals surface area contributed by atoms with E-state index >= 15 is 0 Å². The maximum Gasteiger partial charge on any atom is 0.359 e. The molecule has 1 aromatic carbocycles. The van der Waals surface area contributed by atoms with Gasteiger partial charge in [-0.2, -0.15) is 4.98 Å². The predicted molar refractivity (Wildman–Crippen MR) is 109 cm³/mol. The maximum absolute atomic E-state index is 14.9. The molecule has 7 nitrogen and oxygen atoms in total. The van der Waals surface area contributed by atoms with Crippen molar-refractivity contribution in [1.82, 2.24) is 10.9 Å². The molecule has 4 rings (SSSR count). The van der Waals surface area contributed by atoms with Crippen molar-refractivity contribution in [1.29, 1.82) is 0 Å². The molecule has 0 radical (unpaired) electrons. The van der Waals surface area contributed by atoms with E-state index in [0.29, 0.717) is 19.6 Å². The number of hydrogen-bond acceptors (Lipinski definition) is 6. The zero-order chi connectivity index (χ0) is 19.0. The van der Waals surface area contributed by atoms with Gasteiger partial charge >= 0.3 is 5.69 Å². The van der Waals surface area contributed by atoms with Crippen LogP contribution in [0, 0.1) is 18.6 Å². The number of rotatable bonds is 0. The second-order valence-electron chi connectivity index (χ2n) is 6.30. The lowest BCUT2D eigenvalue weighted by Gasteiger charge is -2.38. The third-order valence-electron chi connectivity index (χ3n) is 4.75. The summed E-state index contributed by atoms with van der Waals surface area (Å²) in [5.41, 5.74) is -1.39. The Morgan fingerprint density at radius 1 is 1.19 bits per heavy atom. The number of nitrogens with zero attached hydrogens (tertiary/aromatic N) is 4. The number of halogens is 4. The highest BCUT2D eigenvalue weighted by molar-refractivity contribution is 14.1. The zero-order valence-electron chi connectivity index (χ0n) is 13.3. The molecule has 2 aliphatic rings. The monoisotopic (exact) mass is 608 g/mol. The number of hydrogen-bond donors (Lipinski definition) is 0. The minimum absolute atomic E-state index is 0.0429. The van der Waals surface area contributed by atoms with E-state index in [9.17, 15) is 22.0 Å². The molecule has 0 spiro atoms. The fourth-order valence-corrected chi connectivity index (χ4v) is 6.64. The Labute approximate surface area is 175 Å². The van der Waals surface area contributed by atoms with Gasteiger partial charge in [-0.05, 0) is 6.92 Å². The van der Waals surface area contributed by atoms with Crippen LogP contribution < -0.4 is 10.6 Å². The lowest BCUT2D eigenvalue weighted by molar-refractivity contribution is 0.398. The highest BCUT2D eigenvalue weighted by Gasteiger charge is 2.41. The molecule has 1 fully saturated rings. The van der Waals surface area contributed by atoms with Crippen molar-refractivity contribution in [2.45, 2.75) is 17.9 Å². The first kappa shape index (κ1) is 18.7. The van der Waals surface area contributed by atoms with Gasteiger partial charge in [-0.25, -0.2) is 27.9 Å². The van der Waals surface area contributed by atoms with Crippen LogP contribution in [0.4, 0.5) is 14.6 Å². The quantitative estimate of drug-likeness (QED) is 0.258. The van der Waals surface area contributed by atoms with Crippen LogP contribution in [0.3, 0.4) is 0 Å². The van der Waals surface area contributed by atoms with Crippen LogP contribution in [0.2, 0.25) is 0 Å². The Hall–Kier alpha value is -0.610. The highest BCUT2D eigenvalue weighted by atomic mass is 127. The van der Waals surface area contributed by atoms with Gasteiger partial charge in [0.15, 0.2) is 15.7 Å². The Bertz CT molecular complexity index is 1120. The molecule has 1 atom stereocenters. The normalized spacial score (nSPS) is 22.3. The van der Waals surface area contributed by atoms with Crippen molar-refractivity contribution in [3.05, 3.63) is 27.7 Å². The van der Waals surface area contributed by atoms with Crippen molar-refractivity contribution in [3.63, 3.8) is 0 Å². The number of fused-ring (bicyclic) bond motifs is 2. The summed E-state index contributed by atoms with van der Waals surface area (Å²) in [7, 11) is -4.05. The first-order valence-electron chi connectivity index (χ1n) is 7.64. The topological polar surface area (TPSA) is 75.5 Å². The average Bonchev–Trinajstić information content (AvgIpc) is 2.64. The summed E-state index contributed by atoms with van der Waals surface area (Å²) in [4.78, 5) is 17.4. The summed E-state index contributed by atoms with van der Waals surface area (Å²) >= 11 is 3.66. The van der Waals surface area contributed by atoms with Gasteiger partial charge in [-0.3, -0.25) is 0 Å². The number of anilines is 1. The fraction of sp³-hybridized carbons (Fsp3) is 0.429. The number of piperazine rings is 1. The van der Waals surface area contributed by atoms with Gasteiger partial charge in [0.2, 0.25) is 0 Å². The van der Waals surface area contributed by atoms with Gasteiger partial charge in [-0.15, -0.1) is 0 Å². The van der Waals surface area contributed by atoms with E-state index in [1.807, 2.05) is 3.11 Å². The van der Waals surface area contributed by atoms with Crippen molar-refractivity contribution in [3.8, 4) is 0 Å². The first-order valence-corrected chi connectivity index (χ1v) is 11.2. The molecule has 1 aromatic heterocycles. The smallest absolute Gasteiger partial charge is 0.349 e. The molecule has 12 heteroatoms. The Kier molecular flexibility index (Phi) is 4.47. The molecule has 0 aliphatic carbocycles. The van der Waals surface area contributed by atoms with E-state index in [2.05, 4.69) is 27.8 Å². The van der Waals surface area contributed by atoms with Crippen molar-refractivity contribution in [2.24, 2.45) is 0 Å². The minimum atomic E-state index is -4.05. The van der Waals surface area contributed by atoms with Crippen molar-refractivity contribution in [2.75, 3.05) is 30.3 Å². The Balaban J connectivity index is 2.23. The van der Waals surface area contributed by atoms with Gasteiger partial charge in [0.25, 0.3) is 0 Å². The van der Waals surface area contributed by atoms with Gasteiger partial charge < -0.3 is 4.90 Å². The van der Waals surface area contributed by atoms with Crippen molar-refractivity contribution >= 4 is 72.3 Å². The van der Waals surface area contributed by atoms with Crippen LogP contribution in [0.5, 0.6) is 0 Å². The molecule has 0 amide bonds. The summed E-state index contributed by atoms with van der Waals surface area (Å²) in [5, 5.41) is -0.149. The first-order chi connectivity index (χ1) is 12.1. The summed E-state index contributed by atoms with van der Waals surface area (Å²) in [5.74, 6) is -2.34. The van der Waals surface area contributed by atoms with E-state index < -0.39 is 43.7 Å². The molecule has 140 valence electrons. The van der Waals surface area contributed by atoms with E-state index in [4.69, 9.17) is 0 Å². The predicted octanol–water partition coefficient (Wildman–Crippen LogP) is 1.81. The van der Waals surface area contributed by atoms with E-state index in [1.54, 1.807) is 27.8 Å². The summed E-state index contributed by atoms with van der Waals surface area (Å²) < 4.78 is 58.6. The SMILES string of the molecule is Cc1c(F)c2c3c(nc(=O)n(I)c3c1F)N1CCN(I)CC1CS2(=O)=O. The van der Waals surface area contributed by atoms with E-state index in [-0.39, 0.29) is 22.5 Å².